The molecule has 3 aliphatic rings. The number of rotatable bonds is 4. The molecule has 1 amide bonds. The van der Waals surface area contributed by atoms with E-state index in [1.54, 1.807) is 0 Å². The topological polar surface area (TPSA) is 32.3 Å². The predicted molar refractivity (Wildman–Crippen MR) is 92.1 cm³/mol. The van der Waals surface area contributed by atoms with Gasteiger partial charge in [0, 0.05) is 19.1 Å². The zero-order chi connectivity index (χ0) is 15.6. The van der Waals surface area contributed by atoms with Crippen molar-refractivity contribution >= 4 is 5.91 Å². The Bertz CT molecular complexity index is 561. The van der Waals surface area contributed by atoms with Crippen LogP contribution in [0.15, 0.2) is 24.3 Å². The summed E-state index contributed by atoms with van der Waals surface area (Å²) in [5.41, 5.74) is 2.88. The second-order valence-electron chi connectivity index (χ2n) is 7.61. The van der Waals surface area contributed by atoms with Crippen molar-refractivity contribution in [2.24, 2.45) is 5.92 Å². The Balaban J connectivity index is 1.44. The van der Waals surface area contributed by atoms with Gasteiger partial charge in [0.15, 0.2) is 0 Å². The molecule has 4 rings (SSSR count). The van der Waals surface area contributed by atoms with Gasteiger partial charge in [0.1, 0.15) is 0 Å². The smallest absolute Gasteiger partial charge is 0.237 e. The number of benzene rings is 1. The number of hydrogen-bond acceptors (Lipinski definition) is 2. The zero-order valence-corrected chi connectivity index (χ0v) is 14.0. The average molecular weight is 312 g/mol. The first kappa shape index (κ1) is 15.2. The van der Waals surface area contributed by atoms with Crippen molar-refractivity contribution in [3.63, 3.8) is 0 Å². The lowest BCUT2D eigenvalue weighted by Crippen LogP contribution is -2.52. The average Bonchev–Trinajstić information content (AvgIpc) is 3.41. The van der Waals surface area contributed by atoms with Gasteiger partial charge in [0.25, 0.3) is 0 Å². The molecule has 23 heavy (non-hydrogen) atoms. The van der Waals surface area contributed by atoms with Crippen LogP contribution in [0, 0.1) is 5.92 Å². The lowest BCUT2D eigenvalue weighted by Gasteiger charge is -2.36. The Kier molecular flexibility index (Phi) is 4.39. The molecule has 1 heterocycles. The minimum atomic E-state index is 0.102. The van der Waals surface area contributed by atoms with E-state index in [0.717, 1.165) is 19.5 Å². The van der Waals surface area contributed by atoms with E-state index in [1.165, 1.54) is 56.1 Å². The van der Waals surface area contributed by atoms with E-state index in [4.69, 9.17) is 0 Å². The summed E-state index contributed by atoms with van der Waals surface area (Å²) < 4.78 is 0. The van der Waals surface area contributed by atoms with Crippen LogP contribution in [-0.2, 0) is 17.8 Å². The van der Waals surface area contributed by atoms with Crippen molar-refractivity contribution in [1.29, 1.82) is 0 Å². The molecule has 3 heteroatoms. The fourth-order valence-corrected chi connectivity index (χ4v) is 4.38. The number of amides is 1. The first-order valence-corrected chi connectivity index (χ1v) is 9.42. The van der Waals surface area contributed by atoms with E-state index in [-0.39, 0.29) is 6.04 Å². The van der Waals surface area contributed by atoms with E-state index in [9.17, 15) is 4.79 Å². The summed E-state index contributed by atoms with van der Waals surface area (Å²) in [5, 5.41) is 3.38. The number of hydrogen-bond donors (Lipinski definition) is 1. The highest BCUT2D eigenvalue weighted by Crippen LogP contribution is 2.37. The summed E-state index contributed by atoms with van der Waals surface area (Å²) in [6, 6.07) is 9.24. The molecule has 0 bridgehead atoms. The third kappa shape index (κ3) is 3.45. The molecule has 2 fully saturated rings. The fraction of sp³-hybridized carbons (Fsp3) is 0.650. The van der Waals surface area contributed by atoms with E-state index in [0.29, 0.717) is 17.9 Å². The Morgan fingerprint density at radius 1 is 1.04 bits per heavy atom. The van der Waals surface area contributed by atoms with Crippen LogP contribution in [-0.4, -0.2) is 29.4 Å². The van der Waals surface area contributed by atoms with Crippen molar-refractivity contribution in [1.82, 2.24) is 10.2 Å². The van der Waals surface area contributed by atoms with Gasteiger partial charge >= 0.3 is 0 Å². The molecule has 124 valence electrons. The van der Waals surface area contributed by atoms with Crippen LogP contribution in [0.3, 0.4) is 0 Å². The first-order chi connectivity index (χ1) is 11.3. The number of fused-ring (bicyclic) bond motifs is 1. The second-order valence-corrected chi connectivity index (χ2v) is 7.61. The molecule has 3 nitrogen and oxygen atoms in total. The summed E-state index contributed by atoms with van der Waals surface area (Å²) in [4.78, 5) is 15.4. The number of nitrogens with zero attached hydrogens (tertiary/aromatic N) is 1. The van der Waals surface area contributed by atoms with Gasteiger partial charge in [-0.2, -0.15) is 0 Å². The molecule has 1 aromatic rings. The maximum atomic E-state index is 13.0. The SMILES string of the molecule is O=C(NC1CCCCC1)C(C1CC1)N1CCc2ccccc2C1. The van der Waals surface area contributed by atoms with Crippen molar-refractivity contribution in [3.8, 4) is 0 Å². The van der Waals surface area contributed by atoms with Crippen molar-refractivity contribution in [2.75, 3.05) is 6.54 Å². The number of carbonyl (C=O) groups is 1. The summed E-state index contributed by atoms with van der Waals surface area (Å²) in [6.07, 6.45) is 9.75. The minimum Gasteiger partial charge on any atom is -0.352 e. The van der Waals surface area contributed by atoms with Gasteiger partial charge in [-0.15, -0.1) is 0 Å². The standard InChI is InChI=1S/C20H28N2O/c23-20(21-18-8-2-1-3-9-18)19(16-10-11-16)22-13-12-15-6-4-5-7-17(15)14-22/h4-7,16,18-19H,1-3,8-14H2,(H,21,23). The van der Waals surface area contributed by atoms with Gasteiger partial charge < -0.3 is 5.32 Å². The van der Waals surface area contributed by atoms with Gasteiger partial charge in [-0.25, -0.2) is 0 Å². The molecule has 2 aliphatic carbocycles. The second kappa shape index (κ2) is 6.64. The molecule has 1 atom stereocenters. The van der Waals surface area contributed by atoms with Gasteiger partial charge in [-0.05, 0) is 49.1 Å². The van der Waals surface area contributed by atoms with Crippen LogP contribution in [0.4, 0.5) is 0 Å². The first-order valence-electron chi connectivity index (χ1n) is 9.42. The summed E-state index contributed by atoms with van der Waals surface area (Å²) in [5.74, 6) is 0.891. The highest BCUT2D eigenvalue weighted by atomic mass is 16.2. The van der Waals surface area contributed by atoms with E-state index >= 15 is 0 Å². The third-order valence-electron chi connectivity index (χ3n) is 5.84. The Labute approximate surface area is 139 Å². The molecular formula is C20H28N2O. The van der Waals surface area contributed by atoms with Crippen molar-refractivity contribution in [2.45, 2.75) is 70.0 Å². The van der Waals surface area contributed by atoms with Crippen LogP contribution in [0.5, 0.6) is 0 Å². The van der Waals surface area contributed by atoms with E-state index < -0.39 is 0 Å². The maximum Gasteiger partial charge on any atom is 0.237 e. The van der Waals surface area contributed by atoms with Gasteiger partial charge in [-0.1, -0.05) is 43.5 Å². The van der Waals surface area contributed by atoms with Crippen LogP contribution in [0.2, 0.25) is 0 Å². The monoisotopic (exact) mass is 312 g/mol. The van der Waals surface area contributed by atoms with Crippen LogP contribution < -0.4 is 5.32 Å². The fourth-order valence-electron chi connectivity index (χ4n) is 4.38. The quantitative estimate of drug-likeness (QED) is 0.925. The van der Waals surface area contributed by atoms with Crippen molar-refractivity contribution in [3.05, 3.63) is 35.4 Å². The van der Waals surface area contributed by atoms with Gasteiger partial charge in [0.2, 0.25) is 5.91 Å². The summed E-state index contributed by atoms with van der Waals surface area (Å²) in [6.45, 7) is 1.96. The Hall–Kier alpha value is -1.35. The molecule has 0 saturated heterocycles. The summed E-state index contributed by atoms with van der Waals surface area (Å²) >= 11 is 0. The lowest BCUT2D eigenvalue weighted by atomic mass is 9.94. The number of nitrogens with one attached hydrogen (secondary N) is 1. The van der Waals surface area contributed by atoms with Gasteiger partial charge in [0.05, 0.1) is 6.04 Å². The Morgan fingerprint density at radius 3 is 2.52 bits per heavy atom. The lowest BCUT2D eigenvalue weighted by molar-refractivity contribution is -0.128. The molecule has 1 unspecified atom stereocenters. The summed E-state index contributed by atoms with van der Waals surface area (Å²) in [7, 11) is 0. The molecule has 0 spiro atoms. The third-order valence-corrected chi connectivity index (χ3v) is 5.84. The molecular weight excluding hydrogens is 284 g/mol. The molecule has 1 N–H and O–H groups in total. The molecule has 1 aliphatic heterocycles. The van der Waals surface area contributed by atoms with E-state index in [1.807, 2.05) is 0 Å². The normalized spacial score (nSPS) is 24.0. The highest BCUT2D eigenvalue weighted by Gasteiger charge is 2.41. The number of carbonyl (C=O) groups excluding carboxylic acids is 1. The molecule has 1 aromatic carbocycles. The molecule has 2 saturated carbocycles. The van der Waals surface area contributed by atoms with Crippen LogP contribution in [0.1, 0.15) is 56.1 Å². The largest absolute Gasteiger partial charge is 0.352 e. The predicted octanol–water partition coefficient (Wildman–Crippen LogP) is 3.27. The molecule has 0 radical (unpaired) electrons. The van der Waals surface area contributed by atoms with Crippen LogP contribution in [0.25, 0.3) is 0 Å². The van der Waals surface area contributed by atoms with Gasteiger partial charge in [-0.3, -0.25) is 9.69 Å². The highest BCUT2D eigenvalue weighted by molar-refractivity contribution is 5.82. The van der Waals surface area contributed by atoms with E-state index in [2.05, 4.69) is 34.5 Å². The maximum absolute atomic E-state index is 13.0. The Morgan fingerprint density at radius 2 is 1.78 bits per heavy atom. The van der Waals surface area contributed by atoms with Crippen molar-refractivity contribution < 1.29 is 4.79 Å². The van der Waals surface area contributed by atoms with Crippen LogP contribution >= 0.6 is 0 Å². The minimum absolute atomic E-state index is 0.102. The zero-order valence-electron chi connectivity index (χ0n) is 14.0. The molecule has 0 aromatic heterocycles.